The number of primary amides is 1. The summed E-state index contributed by atoms with van der Waals surface area (Å²) < 4.78 is 0. The lowest BCUT2D eigenvalue weighted by molar-refractivity contribution is -0.127. The van der Waals surface area contributed by atoms with Crippen LogP contribution in [0, 0.1) is 0 Å². The first kappa shape index (κ1) is 9.73. The highest BCUT2D eigenvalue weighted by molar-refractivity contribution is 6.00. The molecular weight excluding hydrogens is 170 g/mol. The fourth-order valence-electron chi connectivity index (χ4n) is 1.14. The number of nitrogens with two attached hydrogens (primary N) is 1. The Balaban J connectivity index is 2.56. The summed E-state index contributed by atoms with van der Waals surface area (Å²) in [5.74, 6) is -0.579. The van der Waals surface area contributed by atoms with Crippen molar-refractivity contribution in [1.29, 1.82) is 0 Å². The molecule has 1 heterocycles. The molecule has 0 spiro atoms. The van der Waals surface area contributed by atoms with Crippen molar-refractivity contribution >= 4 is 11.8 Å². The van der Waals surface area contributed by atoms with Gasteiger partial charge in [0, 0.05) is 24.9 Å². The van der Waals surface area contributed by atoms with Crippen molar-refractivity contribution in [2.45, 2.75) is 6.42 Å². The molecular formula is C8H13N3O2. The maximum atomic E-state index is 11.2. The predicted octanol–water partition coefficient (Wildman–Crippen LogP) is -1.19. The molecule has 5 heteroatoms. The highest BCUT2D eigenvalue weighted by atomic mass is 16.2. The van der Waals surface area contributed by atoms with Crippen LogP contribution in [0.5, 0.6) is 0 Å². The summed E-state index contributed by atoms with van der Waals surface area (Å²) in [5.41, 5.74) is 5.44. The lowest BCUT2D eigenvalue weighted by Gasteiger charge is -2.11. The minimum Gasteiger partial charge on any atom is -0.366 e. The molecule has 1 aliphatic heterocycles. The molecule has 0 aliphatic carbocycles. The first-order chi connectivity index (χ1) is 6.15. The Morgan fingerprint density at radius 3 is 2.92 bits per heavy atom. The maximum Gasteiger partial charge on any atom is 0.246 e. The second kappa shape index (κ2) is 4.04. The van der Waals surface area contributed by atoms with Gasteiger partial charge in [-0.25, -0.2) is 0 Å². The summed E-state index contributed by atoms with van der Waals surface area (Å²) >= 11 is 0. The lowest BCUT2D eigenvalue weighted by Crippen LogP contribution is -2.28. The lowest BCUT2D eigenvalue weighted by atomic mass is 10.2. The van der Waals surface area contributed by atoms with Gasteiger partial charge in [-0.1, -0.05) is 0 Å². The van der Waals surface area contributed by atoms with Crippen molar-refractivity contribution in [3.05, 3.63) is 11.8 Å². The number of hydrogen-bond acceptors (Lipinski definition) is 3. The number of rotatable bonds is 4. The summed E-state index contributed by atoms with van der Waals surface area (Å²) in [6.07, 6.45) is 1.67. The number of carbonyl (C=O) groups excluding carboxylic acids is 2. The number of carbonyl (C=O) groups is 2. The van der Waals surface area contributed by atoms with Crippen LogP contribution in [-0.4, -0.2) is 36.9 Å². The number of nitrogens with zero attached hydrogens (tertiary/aromatic N) is 1. The van der Waals surface area contributed by atoms with Gasteiger partial charge in [0.2, 0.25) is 11.8 Å². The predicted molar refractivity (Wildman–Crippen MR) is 47.5 cm³/mol. The van der Waals surface area contributed by atoms with E-state index in [1.165, 1.54) is 11.1 Å². The number of nitrogens with one attached hydrogen (secondary N) is 1. The Bertz CT molecular complexity index is 260. The number of hydrogen-bond donors (Lipinski definition) is 2. The standard InChI is InChI=1S/C8H13N3O2/c1-10-2-3-11-5-6(8(9)13)4-7(11)12/h5,10H,2-4H2,1H3,(H2,9,13). The third-order valence-corrected chi connectivity index (χ3v) is 1.89. The first-order valence-electron chi connectivity index (χ1n) is 4.09. The zero-order valence-corrected chi connectivity index (χ0v) is 7.54. The van der Waals surface area contributed by atoms with Crippen LogP contribution >= 0.6 is 0 Å². The fourth-order valence-corrected chi connectivity index (χ4v) is 1.14. The second-order valence-corrected chi connectivity index (χ2v) is 2.89. The SMILES string of the molecule is CNCCN1C=C(C(N)=O)CC1=O. The van der Waals surface area contributed by atoms with Crippen LogP contribution < -0.4 is 11.1 Å². The summed E-state index contributed by atoms with van der Waals surface area (Å²) in [6, 6.07) is 0. The van der Waals surface area contributed by atoms with Crippen molar-refractivity contribution in [2.24, 2.45) is 5.73 Å². The Morgan fingerprint density at radius 2 is 2.46 bits per heavy atom. The average molecular weight is 183 g/mol. The summed E-state index contributed by atoms with van der Waals surface area (Å²) in [4.78, 5) is 23.5. The molecule has 0 saturated carbocycles. The van der Waals surface area contributed by atoms with Crippen LogP contribution in [0.25, 0.3) is 0 Å². The zero-order valence-electron chi connectivity index (χ0n) is 7.54. The zero-order chi connectivity index (χ0) is 9.84. The minimum absolute atomic E-state index is 0.0657. The van der Waals surface area contributed by atoms with E-state index in [2.05, 4.69) is 5.32 Å². The summed E-state index contributed by atoms with van der Waals surface area (Å²) in [7, 11) is 1.80. The first-order valence-corrected chi connectivity index (χ1v) is 4.09. The molecule has 2 amide bonds. The molecule has 0 aromatic carbocycles. The third-order valence-electron chi connectivity index (χ3n) is 1.89. The van der Waals surface area contributed by atoms with E-state index < -0.39 is 5.91 Å². The van der Waals surface area contributed by atoms with Gasteiger partial charge in [0.15, 0.2) is 0 Å². The van der Waals surface area contributed by atoms with E-state index in [1.807, 2.05) is 0 Å². The molecule has 0 saturated heterocycles. The van der Waals surface area contributed by atoms with Gasteiger partial charge in [-0.2, -0.15) is 0 Å². The molecule has 0 aromatic rings. The van der Waals surface area contributed by atoms with Crippen LogP contribution in [0.2, 0.25) is 0 Å². The van der Waals surface area contributed by atoms with Crippen molar-refractivity contribution in [2.75, 3.05) is 20.1 Å². The van der Waals surface area contributed by atoms with E-state index >= 15 is 0 Å². The van der Waals surface area contributed by atoms with Gasteiger partial charge in [-0.15, -0.1) is 0 Å². The van der Waals surface area contributed by atoms with E-state index in [1.54, 1.807) is 7.05 Å². The van der Waals surface area contributed by atoms with Gasteiger partial charge in [-0.3, -0.25) is 9.59 Å². The smallest absolute Gasteiger partial charge is 0.246 e. The third kappa shape index (κ3) is 2.29. The second-order valence-electron chi connectivity index (χ2n) is 2.89. The van der Waals surface area contributed by atoms with E-state index in [0.717, 1.165) is 0 Å². The minimum atomic E-state index is -0.514. The van der Waals surface area contributed by atoms with Gasteiger partial charge in [0.25, 0.3) is 0 Å². The molecule has 0 atom stereocenters. The van der Waals surface area contributed by atoms with Crippen LogP contribution in [0.3, 0.4) is 0 Å². The normalized spacial score (nSPS) is 16.2. The summed E-state index contributed by atoms with van der Waals surface area (Å²) in [5, 5.41) is 2.92. The van der Waals surface area contributed by atoms with Crippen LogP contribution in [0.4, 0.5) is 0 Å². The van der Waals surface area contributed by atoms with Gasteiger partial charge in [-0.05, 0) is 7.05 Å². The van der Waals surface area contributed by atoms with Crippen LogP contribution in [0.15, 0.2) is 11.8 Å². The molecule has 0 radical (unpaired) electrons. The van der Waals surface area contributed by atoms with Gasteiger partial charge in [0.1, 0.15) is 0 Å². The van der Waals surface area contributed by atoms with Crippen LogP contribution in [-0.2, 0) is 9.59 Å². The number of likely N-dealkylation sites (N-methyl/N-ethyl adjacent to an activating group) is 1. The van der Waals surface area contributed by atoms with E-state index in [-0.39, 0.29) is 12.3 Å². The maximum absolute atomic E-state index is 11.2. The molecule has 0 fully saturated rings. The highest BCUT2D eigenvalue weighted by Gasteiger charge is 2.23. The molecule has 1 rings (SSSR count). The molecule has 72 valence electrons. The Labute approximate surface area is 76.6 Å². The molecule has 0 bridgehead atoms. The van der Waals surface area contributed by atoms with Crippen molar-refractivity contribution in [1.82, 2.24) is 10.2 Å². The Kier molecular flexibility index (Phi) is 3.02. The fraction of sp³-hybridized carbons (Fsp3) is 0.500. The number of amides is 2. The highest BCUT2D eigenvalue weighted by Crippen LogP contribution is 2.14. The van der Waals surface area contributed by atoms with E-state index in [0.29, 0.717) is 18.7 Å². The van der Waals surface area contributed by atoms with Crippen molar-refractivity contribution < 1.29 is 9.59 Å². The Morgan fingerprint density at radius 1 is 1.77 bits per heavy atom. The largest absolute Gasteiger partial charge is 0.366 e. The molecule has 3 N–H and O–H groups in total. The molecule has 13 heavy (non-hydrogen) atoms. The van der Waals surface area contributed by atoms with Gasteiger partial charge < -0.3 is 16.0 Å². The van der Waals surface area contributed by atoms with Gasteiger partial charge >= 0.3 is 0 Å². The monoisotopic (exact) mass is 183 g/mol. The van der Waals surface area contributed by atoms with Gasteiger partial charge in [0.05, 0.1) is 6.42 Å². The van der Waals surface area contributed by atoms with Crippen molar-refractivity contribution in [3.63, 3.8) is 0 Å². The molecule has 5 nitrogen and oxygen atoms in total. The molecule has 0 aromatic heterocycles. The van der Waals surface area contributed by atoms with E-state index in [4.69, 9.17) is 5.73 Å². The van der Waals surface area contributed by atoms with Crippen molar-refractivity contribution in [3.8, 4) is 0 Å². The summed E-state index contributed by atoms with van der Waals surface area (Å²) in [6.45, 7) is 1.28. The molecule has 1 aliphatic rings. The van der Waals surface area contributed by atoms with Crippen LogP contribution in [0.1, 0.15) is 6.42 Å². The van der Waals surface area contributed by atoms with E-state index in [9.17, 15) is 9.59 Å². The quantitative estimate of drug-likeness (QED) is 0.575. The Hall–Kier alpha value is -1.36. The average Bonchev–Trinajstić information content (AvgIpc) is 2.44. The topological polar surface area (TPSA) is 75.4 Å². The molecule has 0 unspecified atom stereocenters.